The van der Waals surface area contributed by atoms with E-state index in [0.717, 1.165) is 45.3 Å². The van der Waals surface area contributed by atoms with Crippen LogP contribution in [0, 0.1) is 11.8 Å². The number of nitrogens with zero attached hydrogens (tertiary/aromatic N) is 3. The molecule has 2 atom stereocenters. The Morgan fingerprint density at radius 2 is 1.72 bits per heavy atom. The lowest BCUT2D eigenvalue weighted by Crippen LogP contribution is -2.39. The van der Waals surface area contributed by atoms with Gasteiger partial charge in [0, 0.05) is 29.1 Å². The van der Waals surface area contributed by atoms with Gasteiger partial charge in [-0.15, -0.1) is 11.3 Å². The van der Waals surface area contributed by atoms with Crippen molar-refractivity contribution in [1.29, 1.82) is 0 Å². The summed E-state index contributed by atoms with van der Waals surface area (Å²) in [4.78, 5) is 12.4. The number of fused-ring (bicyclic) bond motifs is 1. The Labute approximate surface area is 161 Å². The van der Waals surface area contributed by atoms with E-state index in [1.807, 2.05) is 24.3 Å². The van der Waals surface area contributed by atoms with E-state index in [4.69, 9.17) is 23.2 Å². The molecule has 3 heterocycles. The Morgan fingerprint density at radius 3 is 2.40 bits per heavy atom. The fourth-order valence-electron chi connectivity index (χ4n) is 3.80. The summed E-state index contributed by atoms with van der Waals surface area (Å²) in [5, 5.41) is 4.29. The van der Waals surface area contributed by atoms with Crippen LogP contribution >= 0.6 is 34.5 Å². The molecule has 0 radical (unpaired) electrons. The Bertz CT molecular complexity index is 897. The molecule has 1 aliphatic heterocycles. The number of hydrogen-bond donors (Lipinski definition) is 0. The molecule has 3 aromatic rings. The van der Waals surface area contributed by atoms with Gasteiger partial charge in [0.1, 0.15) is 10.6 Å². The second-order valence-corrected chi connectivity index (χ2v) is 8.64. The second-order valence-electron chi connectivity index (χ2n) is 7.00. The van der Waals surface area contributed by atoms with Gasteiger partial charge in [0.15, 0.2) is 0 Å². The summed E-state index contributed by atoms with van der Waals surface area (Å²) in [6, 6.07) is 7.93. The molecule has 0 spiro atoms. The molecule has 2 unspecified atom stereocenters. The first-order chi connectivity index (χ1) is 12.0. The van der Waals surface area contributed by atoms with Crippen LogP contribution in [-0.4, -0.2) is 23.1 Å². The normalized spacial score (nSPS) is 21.0. The summed E-state index contributed by atoms with van der Waals surface area (Å²) in [6.45, 7) is 6.61. The SMILES string of the molecule is CC1CC(C)CN(c2nc(Cl)nc3scc(-c4ccc(Cl)cc4)c23)C1. The van der Waals surface area contributed by atoms with Gasteiger partial charge in [0.25, 0.3) is 0 Å². The highest BCUT2D eigenvalue weighted by Gasteiger charge is 2.26. The Morgan fingerprint density at radius 1 is 1.04 bits per heavy atom. The molecule has 130 valence electrons. The minimum absolute atomic E-state index is 0.317. The van der Waals surface area contributed by atoms with Gasteiger partial charge in [-0.05, 0) is 47.6 Å². The zero-order valence-corrected chi connectivity index (χ0v) is 16.5. The van der Waals surface area contributed by atoms with Crippen molar-refractivity contribution in [1.82, 2.24) is 9.97 Å². The number of anilines is 1. The van der Waals surface area contributed by atoms with Crippen molar-refractivity contribution in [2.45, 2.75) is 20.3 Å². The Kier molecular flexibility index (Phi) is 4.61. The van der Waals surface area contributed by atoms with E-state index in [9.17, 15) is 0 Å². The highest BCUT2D eigenvalue weighted by Crippen LogP contribution is 2.40. The predicted molar refractivity (Wildman–Crippen MR) is 108 cm³/mol. The molecule has 6 heteroatoms. The molecule has 0 saturated carbocycles. The number of thiophene rings is 1. The highest BCUT2D eigenvalue weighted by atomic mass is 35.5. The first kappa shape index (κ1) is 17.1. The molecule has 0 aliphatic carbocycles. The standard InChI is InChI=1S/C19H19Cl2N3S/c1-11-7-12(2)9-24(8-11)17-16-15(13-3-5-14(20)6-4-13)10-25-18(16)23-19(21)22-17/h3-6,10-12H,7-9H2,1-2H3. The van der Waals surface area contributed by atoms with Gasteiger partial charge >= 0.3 is 0 Å². The van der Waals surface area contributed by atoms with Crippen molar-refractivity contribution in [2.24, 2.45) is 11.8 Å². The van der Waals surface area contributed by atoms with Crippen LogP contribution in [0.4, 0.5) is 5.82 Å². The average Bonchev–Trinajstić information content (AvgIpc) is 2.97. The number of rotatable bonds is 2. The van der Waals surface area contributed by atoms with Gasteiger partial charge in [-0.25, -0.2) is 4.98 Å². The van der Waals surface area contributed by atoms with E-state index < -0.39 is 0 Å². The van der Waals surface area contributed by atoms with Crippen molar-refractivity contribution in [2.75, 3.05) is 18.0 Å². The Balaban J connectivity index is 1.88. The third-order valence-electron chi connectivity index (χ3n) is 4.71. The molecule has 3 nitrogen and oxygen atoms in total. The maximum Gasteiger partial charge on any atom is 0.225 e. The van der Waals surface area contributed by atoms with Crippen molar-refractivity contribution in [3.05, 3.63) is 40.0 Å². The van der Waals surface area contributed by atoms with E-state index in [2.05, 4.69) is 34.1 Å². The van der Waals surface area contributed by atoms with E-state index in [1.54, 1.807) is 11.3 Å². The van der Waals surface area contributed by atoms with Gasteiger partial charge in [-0.3, -0.25) is 0 Å². The molecular formula is C19H19Cl2N3S. The van der Waals surface area contributed by atoms with Crippen LogP contribution in [0.15, 0.2) is 29.6 Å². The fourth-order valence-corrected chi connectivity index (χ4v) is 5.09. The van der Waals surface area contributed by atoms with Crippen molar-refractivity contribution in [3.63, 3.8) is 0 Å². The first-order valence-corrected chi connectivity index (χ1v) is 10.1. The summed E-state index contributed by atoms with van der Waals surface area (Å²) >= 11 is 13.9. The number of aromatic nitrogens is 2. The van der Waals surface area contributed by atoms with Crippen molar-refractivity contribution >= 4 is 50.6 Å². The third-order valence-corrected chi connectivity index (χ3v) is 6.00. The van der Waals surface area contributed by atoms with Crippen molar-refractivity contribution in [3.8, 4) is 11.1 Å². The van der Waals surface area contributed by atoms with Gasteiger partial charge in [0.05, 0.1) is 5.39 Å². The summed E-state index contributed by atoms with van der Waals surface area (Å²) < 4.78 is 0. The second kappa shape index (κ2) is 6.75. The largest absolute Gasteiger partial charge is 0.355 e. The summed E-state index contributed by atoms with van der Waals surface area (Å²) in [6.07, 6.45) is 1.26. The summed E-state index contributed by atoms with van der Waals surface area (Å²) in [5.41, 5.74) is 2.27. The maximum absolute atomic E-state index is 6.23. The number of halogens is 2. The minimum Gasteiger partial charge on any atom is -0.355 e. The molecular weight excluding hydrogens is 373 g/mol. The first-order valence-electron chi connectivity index (χ1n) is 8.47. The molecule has 4 rings (SSSR count). The van der Waals surface area contributed by atoms with Crippen LogP contribution in [0.1, 0.15) is 20.3 Å². The van der Waals surface area contributed by atoms with Gasteiger partial charge in [-0.1, -0.05) is 37.6 Å². The molecule has 1 aliphatic rings. The number of benzene rings is 1. The zero-order chi connectivity index (χ0) is 17.6. The quantitative estimate of drug-likeness (QED) is 0.490. The summed E-state index contributed by atoms with van der Waals surface area (Å²) in [7, 11) is 0. The van der Waals surface area contributed by atoms with Crippen LogP contribution < -0.4 is 4.90 Å². The zero-order valence-electron chi connectivity index (χ0n) is 14.2. The lowest BCUT2D eigenvalue weighted by Gasteiger charge is -2.36. The fraction of sp³-hybridized carbons (Fsp3) is 0.368. The molecule has 0 amide bonds. The number of hydrogen-bond acceptors (Lipinski definition) is 4. The number of piperidine rings is 1. The van der Waals surface area contributed by atoms with E-state index in [0.29, 0.717) is 17.1 Å². The summed E-state index contributed by atoms with van der Waals surface area (Å²) in [5.74, 6) is 2.25. The van der Waals surface area contributed by atoms with Crippen molar-refractivity contribution < 1.29 is 0 Å². The maximum atomic E-state index is 6.23. The molecule has 1 saturated heterocycles. The monoisotopic (exact) mass is 391 g/mol. The van der Waals surface area contributed by atoms with Gasteiger partial charge in [0.2, 0.25) is 5.28 Å². The van der Waals surface area contributed by atoms with Crippen LogP contribution in [0.5, 0.6) is 0 Å². The van der Waals surface area contributed by atoms with Crippen LogP contribution in [0.3, 0.4) is 0 Å². The van der Waals surface area contributed by atoms with E-state index in [-0.39, 0.29) is 0 Å². The van der Waals surface area contributed by atoms with Gasteiger partial charge < -0.3 is 4.90 Å². The lowest BCUT2D eigenvalue weighted by atomic mass is 9.91. The third kappa shape index (κ3) is 3.35. The molecule has 25 heavy (non-hydrogen) atoms. The molecule has 0 bridgehead atoms. The topological polar surface area (TPSA) is 29.0 Å². The molecule has 1 fully saturated rings. The van der Waals surface area contributed by atoms with Crippen LogP contribution in [0.25, 0.3) is 21.3 Å². The molecule has 2 aromatic heterocycles. The van der Waals surface area contributed by atoms with E-state index >= 15 is 0 Å². The van der Waals surface area contributed by atoms with E-state index in [1.165, 1.54) is 6.42 Å². The minimum atomic E-state index is 0.317. The van der Waals surface area contributed by atoms with Crippen LogP contribution in [-0.2, 0) is 0 Å². The lowest BCUT2D eigenvalue weighted by molar-refractivity contribution is 0.356. The smallest absolute Gasteiger partial charge is 0.225 e. The molecule has 0 N–H and O–H groups in total. The Hall–Kier alpha value is -1.36. The highest BCUT2D eigenvalue weighted by molar-refractivity contribution is 7.17. The van der Waals surface area contributed by atoms with Crippen LogP contribution in [0.2, 0.25) is 10.3 Å². The predicted octanol–water partition coefficient (Wildman–Crippen LogP) is 6.15. The average molecular weight is 392 g/mol. The molecule has 1 aromatic carbocycles. The van der Waals surface area contributed by atoms with Gasteiger partial charge in [-0.2, -0.15) is 4.98 Å².